The molecule has 1 heterocycles. The lowest BCUT2D eigenvalue weighted by molar-refractivity contribution is -0.116. The number of aryl methyl sites for hydroxylation is 2. The number of carbonyl (C=O) groups is 1. The van der Waals surface area contributed by atoms with E-state index in [2.05, 4.69) is 18.2 Å². The van der Waals surface area contributed by atoms with Crippen LogP contribution in [0.3, 0.4) is 0 Å². The highest BCUT2D eigenvalue weighted by Crippen LogP contribution is 2.47. The van der Waals surface area contributed by atoms with Crippen LogP contribution in [0, 0.1) is 32.1 Å². The number of ketones is 1. The standard InChI is InChI=1S/C32H30ClN3O2/c1-19-10-12-25(13-11-19)38-18-22-14-20(2)15-26(21(22)3)30-27(17-34)32(35)36(24-7-4-6-23(33)16-24)28-8-5-9-29(37)31(28)30/h4,6-7,10-16,30H,5,8-9,18,35H2,1-3H3. The maximum atomic E-state index is 13.5. The van der Waals surface area contributed by atoms with Crippen LogP contribution >= 0.6 is 11.6 Å². The normalized spacial score (nSPS) is 17.4. The van der Waals surface area contributed by atoms with Gasteiger partial charge in [-0.2, -0.15) is 5.26 Å². The molecule has 0 aromatic heterocycles. The van der Waals surface area contributed by atoms with Crippen LogP contribution in [0.1, 0.15) is 53.0 Å². The number of carbonyl (C=O) groups excluding carboxylic acids is 1. The fourth-order valence-corrected chi connectivity index (χ4v) is 5.70. The summed E-state index contributed by atoms with van der Waals surface area (Å²) in [5, 5.41) is 11.0. The molecule has 3 aromatic rings. The monoisotopic (exact) mass is 523 g/mol. The van der Waals surface area contributed by atoms with Crippen LogP contribution < -0.4 is 15.4 Å². The van der Waals surface area contributed by atoms with Crippen molar-refractivity contribution in [2.75, 3.05) is 4.90 Å². The van der Waals surface area contributed by atoms with Gasteiger partial charge in [-0.1, -0.05) is 53.1 Å². The molecule has 0 radical (unpaired) electrons. The number of anilines is 1. The summed E-state index contributed by atoms with van der Waals surface area (Å²) in [6.07, 6.45) is 1.88. The number of nitrogens with two attached hydrogens (primary N) is 1. The van der Waals surface area contributed by atoms with Gasteiger partial charge in [0.15, 0.2) is 5.78 Å². The van der Waals surface area contributed by atoms with Crippen molar-refractivity contribution in [3.63, 3.8) is 0 Å². The third-order valence-corrected chi connectivity index (χ3v) is 7.64. The average Bonchev–Trinajstić information content (AvgIpc) is 2.89. The summed E-state index contributed by atoms with van der Waals surface area (Å²) in [5.41, 5.74) is 14.5. The molecule has 0 bridgehead atoms. The summed E-state index contributed by atoms with van der Waals surface area (Å²) >= 11 is 6.30. The van der Waals surface area contributed by atoms with E-state index in [1.807, 2.05) is 68.1 Å². The molecule has 0 fully saturated rings. The third-order valence-electron chi connectivity index (χ3n) is 7.41. The van der Waals surface area contributed by atoms with E-state index in [4.69, 9.17) is 22.1 Å². The fourth-order valence-electron chi connectivity index (χ4n) is 5.52. The van der Waals surface area contributed by atoms with Crippen molar-refractivity contribution in [1.82, 2.24) is 0 Å². The summed E-state index contributed by atoms with van der Waals surface area (Å²) in [4.78, 5) is 15.4. The summed E-state index contributed by atoms with van der Waals surface area (Å²) < 4.78 is 6.11. The third kappa shape index (κ3) is 4.68. The van der Waals surface area contributed by atoms with E-state index in [1.54, 1.807) is 6.07 Å². The second kappa shape index (κ2) is 10.4. The molecule has 2 N–H and O–H groups in total. The van der Waals surface area contributed by atoms with Crippen LogP contribution in [0.15, 0.2) is 83.3 Å². The second-order valence-electron chi connectivity index (χ2n) is 10.0. The second-order valence-corrected chi connectivity index (χ2v) is 10.5. The first-order valence-electron chi connectivity index (χ1n) is 12.8. The van der Waals surface area contributed by atoms with Gasteiger partial charge < -0.3 is 10.5 Å². The van der Waals surface area contributed by atoms with Crippen LogP contribution in [-0.4, -0.2) is 5.78 Å². The summed E-state index contributed by atoms with van der Waals surface area (Å²) in [5.74, 6) is 0.659. The predicted molar refractivity (Wildman–Crippen MR) is 151 cm³/mol. The Morgan fingerprint density at radius 2 is 1.82 bits per heavy atom. The zero-order valence-electron chi connectivity index (χ0n) is 21.8. The number of nitriles is 1. The lowest BCUT2D eigenvalue weighted by atomic mass is 9.73. The number of benzene rings is 3. The number of halogens is 1. The molecule has 5 nitrogen and oxygen atoms in total. The van der Waals surface area contributed by atoms with Crippen molar-refractivity contribution in [1.29, 1.82) is 5.26 Å². The Morgan fingerprint density at radius 3 is 2.53 bits per heavy atom. The largest absolute Gasteiger partial charge is 0.489 e. The fraction of sp³-hybridized carbons (Fsp3) is 0.250. The summed E-state index contributed by atoms with van der Waals surface area (Å²) in [6, 6.07) is 21.8. The van der Waals surface area contributed by atoms with Gasteiger partial charge in [0.25, 0.3) is 0 Å². The lowest BCUT2D eigenvalue weighted by Crippen LogP contribution is -2.39. The Bertz CT molecular complexity index is 1530. The van der Waals surface area contributed by atoms with Gasteiger partial charge in [0.2, 0.25) is 0 Å². The van der Waals surface area contributed by atoms with E-state index in [1.165, 1.54) is 5.56 Å². The van der Waals surface area contributed by atoms with Crippen LogP contribution in [0.4, 0.5) is 5.69 Å². The molecular weight excluding hydrogens is 494 g/mol. The van der Waals surface area contributed by atoms with Gasteiger partial charge in [-0.3, -0.25) is 9.69 Å². The zero-order valence-corrected chi connectivity index (χ0v) is 22.6. The zero-order chi connectivity index (χ0) is 27.0. The van der Waals surface area contributed by atoms with Crippen molar-refractivity contribution in [3.8, 4) is 11.8 Å². The molecule has 2 aliphatic rings. The summed E-state index contributed by atoms with van der Waals surface area (Å²) in [6.45, 7) is 6.48. The molecule has 3 aromatic carbocycles. The van der Waals surface area contributed by atoms with Gasteiger partial charge in [-0.25, -0.2) is 0 Å². The molecule has 1 aliphatic carbocycles. The Morgan fingerprint density at radius 1 is 1.05 bits per heavy atom. The van der Waals surface area contributed by atoms with Gasteiger partial charge in [0, 0.05) is 28.4 Å². The van der Waals surface area contributed by atoms with E-state index in [0.29, 0.717) is 41.4 Å². The molecule has 38 heavy (non-hydrogen) atoms. The minimum atomic E-state index is -0.531. The van der Waals surface area contributed by atoms with Crippen molar-refractivity contribution >= 4 is 23.1 Å². The lowest BCUT2D eigenvalue weighted by Gasteiger charge is -2.40. The Balaban J connectivity index is 1.63. The number of Topliss-reactive ketones (excluding diaryl/α,β-unsaturated/α-hetero) is 1. The number of rotatable bonds is 5. The number of hydrogen-bond donors (Lipinski definition) is 1. The van der Waals surface area contributed by atoms with Crippen molar-refractivity contribution < 1.29 is 9.53 Å². The summed E-state index contributed by atoms with van der Waals surface area (Å²) in [7, 11) is 0. The first-order chi connectivity index (χ1) is 18.3. The smallest absolute Gasteiger partial charge is 0.161 e. The molecule has 1 unspecified atom stereocenters. The highest BCUT2D eigenvalue weighted by atomic mass is 35.5. The van der Waals surface area contributed by atoms with Gasteiger partial charge in [0.1, 0.15) is 18.2 Å². The van der Waals surface area contributed by atoms with Gasteiger partial charge >= 0.3 is 0 Å². The average molecular weight is 524 g/mol. The Kier molecular flexibility index (Phi) is 7.01. The Hall–Kier alpha value is -4.01. The van der Waals surface area contributed by atoms with E-state index < -0.39 is 5.92 Å². The van der Waals surface area contributed by atoms with Gasteiger partial charge in [-0.15, -0.1) is 0 Å². The molecular formula is C32H30ClN3O2. The molecule has 192 valence electrons. The Labute approximate surface area is 228 Å². The molecule has 0 amide bonds. The number of ether oxygens (including phenoxy) is 1. The SMILES string of the molecule is Cc1ccc(OCc2cc(C)cc(C3C(C#N)=C(N)N(c4cccc(Cl)c4)C4=C3C(=O)CCC4)c2C)cc1. The van der Waals surface area contributed by atoms with Crippen LogP contribution in [0.2, 0.25) is 5.02 Å². The molecule has 0 saturated heterocycles. The van der Waals surface area contributed by atoms with E-state index >= 15 is 0 Å². The minimum absolute atomic E-state index is 0.0573. The maximum Gasteiger partial charge on any atom is 0.161 e. The number of hydrogen-bond acceptors (Lipinski definition) is 5. The number of nitrogens with zero attached hydrogens (tertiary/aromatic N) is 2. The minimum Gasteiger partial charge on any atom is -0.489 e. The van der Waals surface area contributed by atoms with E-state index in [9.17, 15) is 10.1 Å². The number of allylic oxidation sites excluding steroid dienone is 3. The highest BCUT2D eigenvalue weighted by molar-refractivity contribution is 6.30. The molecule has 6 heteroatoms. The maximum absolute atomic E-state index is 13.5. The molecule has 0 spiro atoms. The van der Waals surface area contributed by atoms with Crippen molar-refractivity contribution in [3.05, 3.63) is 116 Å². The first-order valence-corrected chi connectivity index (χ1v) is 13.2. The van der Waals surface area contributed by atoms with Crippen molar-refractivity contribution in [2.45, 2.75) is 52.6 Å². The molecule has 0 saturated carbocycles. The topological polar surface area (TPSA) is 79.3 Å². The molecule has 1 aliphatic heterocycles. The van der Waals surface area contributed by atoms with Crippen LogP contribution in [0.5, 0.6) is 5.75 Å². The van der Waals surface area contributed by atoms with E-state index in [-0.39, 0.29) is 5.78 Å². The quantitative estimate of drug-likeness (QED) is 0.384. The first kappa shape index (κ1) is 25.6. The molecule has 5 rings (SSSR count). The van der Waals surface area contributed by atoms with Gasteiger partial charge in [-0.05, 0) is 80.6 Å². The van der Waals surface area contributed by atoms with Crippen molar-refractivity contribution in [2.24, 2.45) is 5.73 Å². The van der Waals surface area contributed by atoms with Gasteiger partial charge in [0.05, 0.1) is 17.6 Å². The predicted octanol–water partition coefficient (Wildman–Crippen LogP) is 7.15. The van der Waals surface area contributed by atoms with E-state index in [0.717, 1.165) is 45.8 Å². The van der Waals surface area contributed by atoms with Crippen LogP contribution in [-0.2, 0) is 11.4 Å². The molecule has 1 atom stereocenters. The van der Waals surface area contributed by atoms with Crippen LogP contribution in [0.25, 0.3) is 0 Å². The highest BCUT2D eigenvalue weighted by Gasteiger charge is 2.41.